The lowest BCUT2D eigenvalue weighted by molar-refractivity contribution is -0.255. The second-order valence-electron chi connectivity index (χ2n) is 6.51. The van der Waals surface area contributed by atoms with Crippen LogP contribution in [0.4, 0.5) is 5.69 Å². The molecule has 2 aromatic rings. The van der Waals surface area contributed by atoms with Crippen LogP contribution >= 0.6 is 0 Å². The molecule has 140 valence electrons. The zero-order valence-electron chi connectivity index (χ0n) is 15.4. The summed E-state index contributed by atoms with van der Waals surface area (Å²) in [5, 5.41) is 11.7. The first kappa shape index (κ1) is 18.3. The van der Waals surface area contributed by atoms with Crippen molar-refractivity contribution in [3.63, 3.8) is 0 Å². The summed E-state index contributed by atoms with van der Waals surface area (Å²) in [4.78, 5) is 28.5. The molecule has 7 heteroatoms. The highest BCUT2D eigenvalue weighted by Crippen LogP contribution is 2.33. The zero-order chi connectivity index (χ0) is 18.8. The molecule has 0 saturated carbocycles. The average molecular weight is 358 g/mol. The minimum absolute atomic E-state index is 0.325. The lowest BCUT2D eigenvalue weighted by atomic mass is 10.1. The van der Waals surface area contributed by atoms with Crippen LogP contribution in [0, 0.1) is 0 Å². The molecule has 0 N–H and O–H groups in total. The summed E-state index contributed by atoms with van der Waals surface area (Å²) < 4.78 is 7.56. The van der Waals surface area contributed by atoms with E-state index in [9.17, 15) is 14.7 Å². The largest absolute Gasteiger partial charge is 0.545 e. The van der Waals surface area contributed by atoms with E-state index in [1.54, 1.807) is 10.6 Å². The third-order valence-electron chi connectivity index (χ3n) is 4.87. The van der Waals surface area contributed by atoms with Gasteiger partial charge in [0.05, 0.1) is 34.7 Å². The maximum absolute atomic E-state index is 12.6. The number of hydrogen-bond acceptors (Lipinski definition) is 6. The molecular formula is C19H24N3O4-. The maximum atomic E-state index is 12.6. The first-order chi connectivity index (χ1) is 12.5. The number of hydrogen-bond donors (Lipinski definition) is 0. The summed E-state index contributed by atoms with van der Waals surface area (Å²) in [5.41, 5.74) is 0.792. The molecule has 0 spiro atoms. The number of nitrogens with zero attached hydrogens (tertiary/aromatic N) is 3. The molecule has 0 aliphatic carbocycles. The Labute approximate surface area is 152 Å². The lowest BCUT2D eigenvalue weighted by Gasteiger charge is -2.35. The SMILES string of the molecule is CCOc1cc2c(=O)c(C(=O)[O-])cn(CC)c2cc1N1CCN(C)CC1. The Morgan fingerprint density at radius 1 is 1.19 bits per heavy atom. The number of ether oxygens (including phenoxy) is 1. The summed E-state index contributed by atoms with van der Waals surface area (Å²) in [6.45, 7) is 8.46. The van der Waals surface area contributed by atoms with E-state index < -0.39 is 11.4 Å². The molecule has 1 aromatic carbocycles. The summed E-state index contributed by atoms with van der Waals surface area (Å²) >= 11 is 0. The fourth-order valence-electron chi connectivity index (χ4n) is 3.38. The molecule has 2 heterocycles. The number of piperazine rings is 1. The van der Waals surface area contributed by atoms with E-state index in [0.29, 0.717) is 29.8 Å². The molecule has 26 heavy (non-hydrogen) atoms. The predicted molar refractivity (Wildman–Crippen MR) is 99.1 cm³/mol. The Morgan fingerprint density at radius 2 is 1.88 bits per heavy atom. The molecule has 7 nitrogen and oxygen atoms in total. The third kappa shape index (κ3) is 3.26. The molecule has 1 fully saturated rings. The number of benzene rings is 1. The van der Waals surface area contributed by atoms with E-state index >= 15 is 0 Å². The van der Waals surface area contributed by atoms with E-state index in [-0.39, 0.29) is 5.56 Å². The van der Waals surface area contributed by atoms with Crippen LogP contribution < -0.4 is 20.2 Å². The molecule has 0 amide bonds. The van der Waals surface area contributed by atoms with Crippen LogP contribution in [0.25, 0.3) is 10.9 Å². The van der Waals surface area contributed by atoms with Gasteiger partial charge in [0.1, 0.15) is 5.75 Å². The second-order valence-corrected chi connectivity index (χ2v) is 6.51. The number of carboxylic acids is 1. The standard InChI is InChI=1S/C19H25N3O4/c1-4-21-12-14(19(24)25)18(23)13-10-17(26-5-2)16(11-15(13)21)22-8-6-20(3)7-9-22/h10-12H,4-9H2,1-3H3,(H,24,25)/p-1. The Morgan fingerprint density at radius 3 is 2.46 bits per heavy atom. The molecule has 1 aliphatic heterocycles. The Balaban J connectivity index is 2.22. The fourth-order valence-corrected chi connectivity index (χ4v) is 3.38. The highest BCUT2D eigenvalue weighted by Gasteiger charge is 2.20. The molecular weight excluding hydrogens is 334 g/mol. The minimum atomic E-state index is -1.46. The number of carbonyl (C=O) groups excluding carboxylic acids is 1. The number of aryl methyl sites for hydroxylation is 1. The van der Waals surface area contributed by atoms with Gasteiger partial charge in [-0.25, -0.2) is 0 Å². The molecule has 1 aromatic heterocycles. The van der Waals surface area contributed by atoms with Crippen LogP contribution in [-0.4, -0.2) is 55.3 Å². The Hall–Kier alpha value is -2.54. The van der Waals surface area contributed by atoms with Gasteiger partial charge in [0.15, 0.2) is 5.43 Å². The molecule has 0 radical (unpaired) electrons. The molecule has 3 rings (SSSR count). The van der Waals surface area contributed by atoms with Crippen molar-refractivity contribution in [2.45, 2.75) is 20.4 Å². The van der Waals surface area contributed by atoms with Crippen molar-refractivity contribution in [2.24, 2.45) is 0 Å². The van der Waals surface area contributed by atoms with Crippen LogP contribution in [0.15, 0.2) is 23.1 Å². The number of fused-ring (bicyclic) bond motifs is 1. The van der Waals surface area contributed by atoms with Crippen LogP contribution in [-0.2, 0) is 6.54 Å². The van der Waals surface area contributed by atoms with Crippen LogP contribution in [0.2, 0.25) is 0 Å². The number of likely N-dealkylation sites (N-methyl/N-ethyl adjacent to an activating group) is 1. The van der Waals surface area contributed by atoms with E-state index in [4.69, 9.17) is 4.74 Å². The number of carboxylic acid groups (broad SMARTS) is 1. The zero-order valence-corrected chi connectivity index (χ0v) is 15.4. The smallest absolute Gasteiger partial charge is 0.198 e. The fraction of sp³-hybridized carbons (Fsp3) is 0.474. The highest BCUT2D eigenvalue weighted by molar-refractivity contribution is 5.93. The number of pyridine rings is 1. The van der Waals surface area contributed by atoms with E-state index in [1.807, 2.05) is 19.9 Å². The average Bonchev–Trinajstić information content (AvgIpc) is 2.63. The van der Waals surface area contributed by atoms with Gasteiger partial charge in [0.2, 0.25) is 0 Å². The Bertz CT molecular complexity index is 882. The van der Waals surface area contributed by atoms with Crippen molar-refractivity contribution >= 4 is 22.6 Å². The number of aromatic carboxylic acids is 1. The van der Waals surface area contributed by atoms with Gasteiger partial charge in [-0.15, -0.1) is 0 Å². The van der Waals surface area contributed by atoms with Crippen LogP contribution in [0.5, 0.6) is 5.75 Å². The van der Waals surface area contributed by atoms with E-state index in [0.717, 1.165) is 31.9 Å². The lowest BCUT2D eigenvalue weighted by Crippen LogP contribution is -2.44. The van der Waals surface area contributed by atoms with Crippen molar-refractivity contribution in [1.82, 2.24) is 9.47 Å². The van der Waals surface area contributed by atoms with Gasteiger partial charge in [-0.1, -0.05) is 0 Å². The van der Waals surface area contributed by atoms with E-state index in [2.05, 4.69) is 16.8 Å². The quantitative estimate of drug-likeness (QED) is 0.776. The van der Waals surface area contributed by atoms with Gasteiger partial charge >= 0.3 is 0 Å². The van der Waals surface area contributed by atoms with Gasteiger partial charge in [0.25, 0.3) is 0 Å². The number of anilines is 1. The first-order valence-electron chi connectivity index (χ1n) is 8.95. The van der Waals surface area contributed by atoms with Gasteiger partial charge in [-0.3, -0.25) is 4.79 Å². The summed E-state index contributed by atoms with van der Waals surface area (Å²) in [6, 6.07) is 3.61. The molecule has 0 bridgehead atoms. The summed E-state index contributed by atoms with van der Waals surface area (Å²) in [7, 11) is 2.09. The van der Waals surface area contributed by atoms with Crippen molar-refractivity contribution in [1.29, 1.82) is 0 Å². The van der Waals surface area contributed by atoms with Crippen molar-refractivity contribution in [3.05, 3.63) is 34.1 Å². The second kappa shape index (κ2) is 7.37. The van der Waals surface area contributed by atoms with Gasteiger partial charge < -0.3 is 29.0 Å². The van der Waals surface area contributed by atoms with Crippen molar-refractivity contribution in [2.75, 3.05) is 44.7 Å². The molecule has 1 saturated heterocycles. The number of carbonyl (C=O) groups is 1. The van der Waals surface area contributed by atoms with Gasteiger partial charge in [-0.05, 0) is 33.0 Å². The maximum Gasteiger partial charge on any atom is 0.198 e. The summed E-state index contributed by atoms with van der Waals surface area (Å²) in [5.74, 6) is -0.847. The topological polar surface area (TPSA) is 77.8 Å². The normalized spacial score (nSPS) is 15.4. The summed E-state index contributed by atoms with van der Waals surface area (Å²) in [6.07, 6.45) is 1.37. The van der Waals surface area contributed by atoms with E-state index in [1.165, 1.54) is 6.20 Å². The molecule has 0 atom stereocenters. The monoisotopic (exact) mass is 358 g/mol. The molecule has 1 aliphatic rings. The highest BCUT2D eigenvalue weighted by atomic mass is 16.5. The third-order valence-corrected chi connectivity index (χ3v) is 4.87. The number of rotatable bonds is 5. The van der Waals surface area contributed by atoms with Gasteiger partial charge in [-0.2, -0.15) is 0 Å². The van der Waals surface area contributed by atoms with Gasteiger partial charge in [0, 0.05) is 38.9 Å². The van der Waals surface area contributed by atoms with Crippen molar-refractivity contribution < 1.29 is 14.6 Å². The predicted octanol–water partition coefficient (Wildman–Crippen LogP) is 0.535. The van der Waals surface area contributed by atoms with Crippen LogP contribution in [0.3, 0.4) is 0 Å². The number of aromatic nitrogens is 1. The van der Waals surface area contributed by atoms with Crippen molar-refractivity contribution in [3.8, 4) is 5.75 Å². The molecule has 0 unspecified atom stereocenters. The first-order valence-corrected chi connectivity index (χ1v) is 8.95. The van der Waals surface area contributed by atoms with Crippen LogP contribution in [0.1, 0.15) is 24.2 Å². The Kier molecular flexibility index (Phi) is 5.18. The minimum Gasteiger partial charge on any atom is -0.545 e.